The van der Waals surface area contributed by atoms with Crippen LogP contribution < -0.4 is 4.74 Å². The zero-order valence-electron chi connectivity index (χ0n) is 10.4. The first-order chi connectivity index (χ1) is 8.63. The van der Waals surface area contributed by atoms with Gasteiger partial charge in [-0.25, -0.2) is 0 Å². The van der Waals surface area contributed by atoms with E-state index in [4.69, 9.17) is 4.74 Å². The van der Waals surface area contributed by atoms with Crippen molar-refractivity contribution in [3.05, 3.63) is 22.4 Å². The topological polar surface area (TPSA) is 26.3 Å². The summed E-state index contributed by atoms with van der Waals surface area (Å²) in [5, 5.41) is 0. The fourth-order valence-electron chi connectivity index (χ4n) is 1.05. The van der Waals surface area contributed by atoms with Crippen molar-refractivity contribution in [3.8, 4) is 5.75 Å². The Morgan fingerprint density at radius 3 is 1.68 bits per heavy atom. The molecule has 0 aliphatic heterocycles. The van der Waals surface area contributed by atoms with Crippen LogP contribution in [0.15, 0.2) is 22.4 Å². The van der Waals surface area contributed by atoms with Gasteiger partial charge in [0.2, 0.25) is 0 Å². The summed E-state index contributed by atoms with van der Waals surface area (Å²) >= 11 is 17.2. The molecule has 0 heterocycles. The summed E-state index contributed by atoms with van der Waals surface area (Å²) in [5.74, 6) is 0.186. The second kappa shape index (κ2) is 6.90. The maximum atomic E-state index is 12.2. The Balaban J connectivity index is 3.27. The third-order valence-electron chi connectivity index (χ3n) is 2.80. The van der Waals surface area contributed by atoms with E-state index in [1.807, 2.05) is 20.8 Å². The van der Waals surface area contributed by atoms with Crippen molar-refractivity contribution in [2.75, 3.05) is 0 Å². The van der Waals surface area contributed by atoms with Gasteiger partial charge in [0.15, 0.2) is 5.75 Å². The minimum atomic E-state index is -0.523. The normalized spacial score (nSPS) is 11.6. The number of ether oxygens (including phenoxy) is 1. The molecule has 19 heavy (non-hydrogen) atoms. The molecule has 0 bridgehead atoms. The highest BCUT2D eigenvalue weighted by molar-refractivity contribution is 9.15. The van der Waals surface area contributed by atoms with Crippen molar-refractivity contribution >= 4 is 85.6 Å². The summed E-state index contributed by atoms with van der Waals surface area (Å²) in [5.41, 5.74) is -0.523. The van der Waals surface area contributed by atoms with Crippen LogP contribution in [0, 0.1) is 5.41 Å². The van der Waals surface area contributed by atoms with Crippen LogP contribution in [0.3, 0.4) is 0 Å². The molecule has 0 aliphatic rings. The van der Waals surface area contributed by atoms with Gasteiger partial charge in [0.05, 0.1) is 23.3 Å². The zero-order chi connectivity index (χ0) is 15.0. The Bertz CT molecular complexity index is 496. The molecule has 0 unspecified atom stereocenters. The molecule has 1 rings (SSSR count). The van der Waals surface area contributed by atoms with Gasteiger partial charge in [0.1, 0.15) is 0 Å². The van der Waals surface area contributed by atoms with E-state index in [2.05, 4.69) is 79.6 Å². The van der Waals surface area contributed by atoms with Gasteiger partial charge in [-0.2, -0.15) is 0 Å². The molecule has 0 amide bonds. The lowest BCUT2D eigenvalue weighted by Crippen LogP contribution is -2.28. The van der Waals surface area contributed by atoms with Crippen molar-refractivity contribution < 1.29 is 9.53 Å². The minimum absolute atomic E-state index is 0.266. The summed E-state index contributed by atoms with van der Waals surface area (Å²) in [6.07, 6.45) is 0.708. The predicted octanol–water partition coefficient (Wildman–Crippen LogP) is 6.84. The quantitative estimate of drug-likeness (QED) is 0.168. The predicted molar refractivity (Wildman–Crippen MR) is 94.6 cm³/mol. The summed E-state index contributed by atoms with van der Waals surface area (Å²) in [6.45, 7) is 5.68. The number of carbonyl (C=O) groups excluding carboxylic acids is 1. The molecule has 0 aliphatic carbocycles. The summed E-state index contributed by atoms with van der Waals surface area (Å²) in [4.78, 5) is 12.2. The second-order valence-electron chi connectivity index (χ2n) is 4.53. The molecule has 106 valence electrons. The zero-order valence-corrected chi connectivity index (χ0v) is 18.3. The molecule has 2 nitrogen and oxygen atoms in total. The van der Waals surface area contributed by atoms with Crippen LogP contribution in [0.1, 0.15) is 27.2 Å². The van der Waals surface area contributed by atoms with Crippen molar-refractivity contribution in [1.29, 1.82) is 0 Å². The van der Waals surface area contributed by atoms with E-state index in [1.165, 1.54) is 0 Å². The van der Waals surface area contributed by atoms with Crippen LogP contribution in [0.25, 0.3) is 0 Å². The van der Waals surface area contributed by atoms with Crippen LogP contribution in [0.4, 0.5) is 0 Å². The Morgan fingerprint density at radius 2 is 1.32 bits per heavy atom. The Hall–Kier alpha value is 1.09. The molecule has 0 N–H and O–H groups in total. The van der Waals surface area contributed by atoms with E-state index < -0.39 is 5.41 Å². The van der Waals surface area contributed by atoms with Crippen molar-refractivity contribution in [1.82, 2.24) is 0 Å². The van der Waals surface area contributed by atoms with Crippen LogP contribution >= 0.6 is 79.6 Å². The molecule has 0 fully saturated rings. The lowest BCUT2D eigenvalue weighted by Gasteiger charge is -2.22. The molecule has 0 saturated carbocycles. The SMILES string of the molecule is CCC(C)(C)C(=O)Oc1c(Br)c(Br)c(Br)c(Br)c1Br. The van der Waals surface area contributed by atoms with Crippen LogP contribution in [-0.4, -0.2) is 5.97 Å². The van der Waals surface area contributed by atoms with Gasteiger partial charge in [-0.15, -0.1) is 0 Å². The second-order valence-corrected chi connectivity index (χ2v) is 8.49. The smallest absolute Gasteiger partial charge is 0.316 e. The number of halogens is 5. The third kappa shape index (κ3) is 3.84. The molecule has 7 heteroatoms. The Labute approximate surface area is 154 Å². The molecule has 1 aromatic carbocycles. The minimum Gasteiger partial charge on any atom is -0.424 e. The molecule has 0 atom stereocenters. The first-order valence-corrected chi connectivity index (χ1v) is 9.33. The van der Waals surface area contributed by atoms with Gasteiger partial charge in [0, 0.05) is 4.47 Å². The van der Waals surface area contributed by atoms with Crippen LogP contribution in [0.2, 0.25) is 0 Å². The molecular weight excluding hydrogens is 576 g/mol. The molecule has 0 radical (unpaired) electrons. The summed E-state index contributed by atoms with van der Waals surface area (Å²) in [7, 11) is 0. The molecular formula is C12H11Br5O2. The van der Waals surface area contributed by atoms with Crippen molar-refractivity contribution in [3.63, 3.8) is 0 Å². The first-order valence-electron chi connectivity index (χ1n) is 5.37. The average molecular weight is 587 g/mol. The Morgan fingerprint density at radius 1 is 0.947 bits per heavy atom. The third-order valence-corrected chi connectivity index (χ3v) is 8.82. The van der Waals surface area contributed by atoms with E-state index in [1.54, 1.807) is 0 Å². The fraction of sp³-hybridized carbons (Fsp3) is 0.417. The number of esters is 1. The van der Waals surface area contributed by atoms with Crippen LogP contribution in [0.5, 0.6) is 5.75 Å². The van der Waals surface area contributed by atoms with E-state index >= 15 is 0 Å². The lowest BCUT2D eigenvalue weighted by atomic mass is 9.91. The Kier molecular flexibility index (Phi) is 6.59. The monoisotopic (exact) mass is 582 g/mol. The molecule has 1 aromatic rings. The number of hydrogen-bond donors (Lipinski definition) is 0. The van der Waals surface area contributed by atoms with Gasteiger partial charge in [0.25, 0.3) is 0 Å². The van der Waals surface area contributed by atoms with Crippen molar-refractivity contribution in [2.24, 2.45) is 5.41 Å². The van der Waals surface area contributed by atoms with E-state index in [0.29, 0.717) is 21.1 Å². The first kappa shape index (κ1) is 18.1. The highest BCUT2D eigenvalue weighted by Crippen LogP contribution is 2.49. The average Bonchev–Trinajstić information content (AvgIpc) is 2.38. The van der Waals surface area contributed by atoms with Gasteiger partial charge in [-0.3, -0.25) is 4.79 Å². The number of hydrogen-bond acceptors (Lipinski definition) is 2. The highest BCUT2D eigenvalue weighted by Gasteiger charge is 2.30. The fourth-order valence-corrected chi connectivity index (χ4v) is 4.22. The van der Waals surface area contributed by atoms with Gasteiger partial charge >= 0.3 is 5.97 Å². The molecule has 0 aromatic heterocycles. The maximum Gasteiger partial charge on any atom is 0.316 e. The van der Waals surface area contributed by atoms with Crippen LogP contribution in [-0.2, 0) is 4.79 Å². The lowest BCUT2D eigenvalue weighted by molar-refractivity contribution is -0.144. The van der Waals surface area contributed by atoms with E-state index in [-0.39, 0.29) is 5.97 Å². The largest absolute Gasteiger partial charge is 0.424 e. The van der Waals surface area contributed by atoms with E-state index in [0.717, 1.165) is 13.4 Å². The van der Waals surface area contributed by atoms with Crippen molar-refractivity contribution in [2.45, 2.75) is 27.2 Å². The van der Waals surface area contributed by atoms with Gasteiger partial charge in [-0.05, 0) is 99.9 Å². The number of carbonyl (C=O) groups is 1. The molecule has 0 spiro atoms. The highest BCUT2D eigenvalue weighted by atomic mass is 79.9. The van der Waals surface area contributed by atoms with Gasteiger partial charge in [-0.1, -0.05) is 6.92 Å². The number of rotatable bonds is 3. The summed E-state index contributed by atoms with van der Waals surface area (Å²) < 4.78 is 9.28. The van der Waals surface area contributed by atoms with E-state index in [9.17, 15) is 4.79 Å². The summed E-state index contributed by atoms with van der Waals surface area (Å²) in [6, 6.07) is 0. The standard InChI is InChI=1S/C12H11Br5O2/c1-4-12(2,3)11(18)19-10-8(16)6(14)5(13)7(15)9(10)17/h4H2,1-3H3. The van der Waals surface area contributed by atoms with Gasteiger partial charge < -0.3 is 4.74 Å². The maximum absolute atomic E-state index is 12.2. The molecule has 0 saturated heterocycles. The number of benzene rings is 1.